The second-order valence-electron chi connectivity index (χ2n) is 9.39. The second-order valence-corrected chi connectivity index (χ2v) is 9.39. The van der Waals surface area contributed by atoms with Crippen molar-refractivity contribution >= 4 is 23.5 Å². The number of anilines is 1. The van der Waals surface area contributed by atoms with Gasteiger partial charge in [-0.2, -0.15) is 0 Å². The number of likely N-dealkylation sites (tertiary alicyclic amines) is 1. The molecule has 0 spiro atoms. The number of nitrogens with one attached hydrogen (secondary N) is 2. The van der Waals surface area contributed by atoms with Crippen LogP contribution >= 0.6 is 0 Å². The molecule has 2 atom stereocenters. The number of hydrogen-bond donors (Lipinski definition) is 3. The van der Waals surface area contributed by atoms with Gasteiger partial charge in [-0.3, -0.25) is 19.6 Å². The highest BCUT2D eigenvalue weighted by Gasteiger charge is 2.52. The van der Waals surface area contributed by atoms with E-state index < -0.39 is 17.4 Å². The minimum atomic E-state index is -0.890. The number of rotatable bonds is 8. The van der Waals surface area contributed by atoms with E-state index >= 15 is 0 Å². The molecule has 8 heteroatoms. The molecule has 2 fully saturated rings. The summed E-state index contributed by atoms with van der Waals surface area (Å²) in [5.41, 5.74) is 0.786. The van der Waals surface area contributed by atoms with Crippen LogP contribution in [0.25, 0.3) is 0 Å². The Morgan fingerprint density at radius 1 is 1.26 bits per heavy atom. The highest BCUT2D eigenvalue weighted by molar-refractivity contribution is 5.99. The molecule has 3 rings (SSSR count). The van der Waals surface area contributed by atoms with Gasteiger partial charge in [0.1, 0.15) is 11.9 Å². The molecule has 31 heavy (non-hydrogen) atoms. The topological polar surface area (TPSA) is 112 Å². The lowest BCUT2D eigenvalue weighted by Gasteiger charge is -2.37. The third-order valence-electron chi connectivity index (χ3n) is 6.59. The van der Waals surface area contributed by atoms with Gasteiger partial charge in [-0.05, 0) is 49.7 Å². The van der Waals surface area contributed by atoms with E-state index in [0.29, 0.717) is 25.2 Å². The first-order valence-corrected chi connectivity index (χ1v) is 11.3. The Balaban J connectivity index is 1.88. The van der Waals surface area contributed by atoms with Gasteiger partial charge in [0.05, 0.1) is 5.41 Å². The van der Waals surface area contributed by atoms with Crippen LogP contribution in [0.1, 0.15) is 65.2 Å². The molecule has 2 heterocycles. The van der Waals surface area contributed by atoms with Crippen LogP contribution in [0.4, 0.5) is 5.82 Å². The number of hydrogen-bond acceptors (Lipinski definition) is 5. The summed E-state index contributed by atoms with van der Waals surface area (Å²) in [5.74, 6) is -0.188. The third-order valence-corrected chi connectivity index (χ3v) is 6.59. The lowest BCUT2D eigenvalue weighted by atomic mass is 9.75. The summed E-state index contributed by atoms with van der Waals surface area (Å²) in [6.07, 6.45) is 7.62. The van der Waals surface area contributed by atoms with Crippen molar-refractivity contribution in [2.45, 2.75) is 71.3 Å². The van der Waals surface area contributed by atoms with Crippen molar-refractivity contribution in [3.63, 3.8) is 0 Å². The first-order chi connectivity index (χ1) is 14.9. The van der Waals surface area contributed by atoms with Crippen molar-refractivity contribution in [2.75, 3.05) is 11.9 Å². The van der Waals surface area contributed by atoms with Crippen LogP contribution in [0.2, 0.25) is 0 Å². The molecule has 2 aliphatic rings. The third kappa shape index (κ3) is 5.42. The number of pyridine rings is 1. The molecule has 1 saturated carbocycles. The van der Waals surface area contributed by atoms with Gasteiger partial charge in [0.15, 0.2) is 0 Å². The maximum absolute atomic E-state index is 13.7. The minimum absolute atomic E-state index is 0.0732. The molecule has 1 aliphatic carbocycles. The molecule has 1 aliphatic heterocycles. The molecule has 1 aromatic heterocycles. The first-order valence-electron chi connectivity index (χ1n) is 11.3. The van der Waals surface area contributed by atoms with Crippen molar-refractivity contribution < 1.29 is 19.6 Å². The van der Waals surface area contributed by atoms with Crippen molar-refractivity contribution in [1.29, 1.82) is 0 Å². The molecule has 0 aromatic carbocycles. The molecule has 1 saturated heterocycles. The fourth-order valence-corrected chi connectivity index (χ4v) is 5.36. The predicted octanol–water partition coefficient (Wildman–Crippen LogP) is 3.13. The van der Waals surface area contributed by atoms with Gasteiger partial charge in [0, 0.05) is 19.2 Å². The van der Waals surface area contributed by atoms with E-state index in [-0.39, 0.29) is 30.1 Å². The van der Waals surface area contributed by atoms with Gasteiger partial charge in [-0.15, -0.1) is 0 Å². The van der Waals surface area contributed by atoms with Crippen molar-refractivity contribution in [1.82, 2.24) is 15.4 Å². The monoisotopic (exact) mass is 430 g/mol. The van der Waals surface area contributed by atoms with Gasteiger partial charge in [0.2, 0.25) is 17.7 Å². The molecule has 8 nitrogen and oxygen atoms in total. The molecule has 3 N–H and O–H groups in total. The van der Waals surface area contributed by atoms with Crippen LogP contribution in [0.5, 0.6) is 0 Å². The number of aromatic nitrogens is 1. The molecule has 0 radical (unpaired) electrons. The van der Waals surface area contributed by atoms with E-state index in [2.05, 4.69) is 10.3 Å². The molecule has 0 bridgehead atoms. The van der Waals surface area contributed by atoms with E-state index in [0.717, 1.165) is 32.1 Å². The van der Waals surface area contributed by atoms with Gasteiger partial charge in [-0.25, -0.2) is 10.5 Å². The van der Waals surface area contributed by atoms with Crippen molar-refractivity contribution in [3.05, 3.63) is 24.4 Å². The number of carbonyl (C=O) groups excluding carboxylic acids is 3. The normalized spacial score (nSPS) is 23.1. The van der Waals surface area contributed by atoms with Gasteiger partial charge in [0.25, 0.3) is 0 Å². The van der Waals surface area contributed by atoms with Crippen LogP contribution in [-0.4, -0.2) is 45.4 Å². The van der Waals surface area contributed by atoms with E-state index in [4.69, 9.17) is 5.21 Å². The smallest absolute Gasteiger partial charge is 0.248 e. The Kier molecular flexibility index (Phi) is 7.64. The van der Waals surface area contributed by atoms with E-state index in [1.165, 1.54) is 0 Å². The average molecular weight is 431 g/mol. The van der Waals surface area contributed by atoms with Crippen LogP contribution < -0.4 is 10.8 Å². The zero-order valence-electron chi connectivity index (χ0n) is 18.5. The summed E-state index contributed by atoms with van der Waals surface area (Å²) in [7, 11) is 0. The highest BCUT2D eigenvalue weighted by atomic mass is 16.5. The molecule has 3 amide bonds. The molecule has 2 unspecified atom stereocenters. The summed E-state index contributed by atoms with van der Waals surface area (Å²) < 4.78 is 0. The molecule has 1 aromatic rings. The summed E-state index contributed by atoms with van der Waals surface area (Å²) in [4.78, 5) is 45.0. The van der Waals surface area contributed by atoms with Crippen LogP contribution in [0.3, 0.4) is 0 Å². The van der Waals surface area contributed by atoms with E-state index in [1.807, 2.05) is 13.8 Å². The van der Waals surface area contributed by atoms with E-state index in [1.54, 1.807) is 34.8 Å². The standard InChI is InChI=1S/C23H34N4O4/c1-16(2)14-23(15-19(28)26-31)11-13-27(22(23)30)20(17-8-4-3-5-9-17)21(29)25-18-10-6-7-12-24-18/h6-7,10,12,16-17,20,31H,3-5,8-9,11,13-15H2,1-2H3,(H,26,28)(H,24,25,29). The summed E-state index contributed by atoms with van der Waals surface area (Å²) in [6, 6.07) is 4.74. The fourth-order valence-electron chi connectivity index (χ4n) is 5.36. The Hall–Kier alpha value is -2.48. The van der Waals surface area contributed by atoms with Crippen LogP contribution in [0.15, 0.2) is 24.4 Å². The Morgan fingerprint density at radius 3 is 2.61 bits per heavy atom. The molecular formula is C23H34N4O4. The van der Waals surface area contributed by atoms with E-state index in [9.17, 15) is 14.4 Å². The highest BCUT2D eigenvalue weighted by Crippen LogP contribution is 2.44. The second kappa shape index (κ2) is 10.2. The number of nitrogens with zero attached hydrogens (tertiary/aromatic N) is 2. The zero-order chi connectivity index (χ0) is 22.4. The summed E-state index contributed by atoms with van der Waals surface area (Å²) in [6.45, 7) is 4.46. The lowest BCUT2D eigenvalue weighted by molar-refractivity contribution is -0.147. The van der Waals surface area contributed by atoms with Crippen LogP contribution in [-0.2, 0) is 14.4 Å². The number of carbonyl (C=O) groups is 3. The summed E-state index contributed by atoms with van der Waals surface area (Å²) >= 11 is 0. The van der Waals surface area contributed by atoms with Gasteiger partial charge < -0.3 is 10.2 Å². The number of hydroxylamine groups is 1. The Labute approximate surface area is 183 Å². The fraction of sp³-hybridized carbons (Fsp3) is 0.652. The van der Waals surface area contributed by atoms with Crippen molar-refractivity contribution in [3.8, 4) is 0 Å². The quantitative estimate of drug-likeness (QED) is 0.433. The van der Waals surface area contributed by atoms with Crippen molar-refractivity contribution in [2.24, 2.45) is 17.3 Å². The average Bonchev–Trinajstić information content (AvgIpc) is 3.05. The zero-order valence-corrected chi connectivity index (χ0v) is 18.5. The largest absolute Gasteiger partial charge is 0.330 e. The summed E-state index contributed by atoms with van der Waals surface area (Å²) in [5, 5.41) is 12.0. The van der Waals surface area contributed by atoms with Crippen LogP contribution in [0, 0.1) is 17.3 Å². The molecular weight excluding hydrogens is 396 g/mol. The maximum atomic E-state index is 13.7. The van der Waals surface area contributed by atoms with Gasteiger partial charge in [-0.1, -0.05) is 39.2 Å². The van der Waals surface area contributed by atoms with Gasteiger partial charge >= 0.3 is 0 Å². The lowest BCUT2D eigenvalue weighted by Crippen LogP contribution is -2.52. The predicted molar refractivity (Wildman–Crippen MR) is 116 cm³/mol. The first kappa shape index (κ1) is 23.2. The minimum Gasteiger partial charge on any atom is -0.330 e. The molecule has 170 valence electrons. The Bertz CT molecular complexity index is 779. The SMILES string of the molecule is CC(C)CC1(CC(=O)NO)CCN(C(C(=O)Nc2ccccn2)C2CCCCC2)C1=O. The Morgan fingerprint density at radius 2 is 2.00 bits per heavy atom. The maximum Gasteiger partial charge on any atom is 0.248 e. The number of amides is 3.